The van der Waals surface area contributed by atoms with Crippen LogP contribution in [0.15, 0.2) is 24.3 Å². The number of alkyl halides is 3. The molecule has 2 fully saturated rings. The van der Waals surface area contributed by atoms with Crippen molar-refractivity contribution in [2.75, 3.05) is 18.0 Å². The molecule has 150 valence electrons. The molecule has 0 unspecified atom stereocenters. The molecule has 7 heteroatoms. The number of halogens is 3. The fourth-order valence-corrected chi connectivity index (χ4v) is 4.42. The first-order valence-electron chi connectivity index (χ1n) is 9.63. The van der Waals surface area contributed by atoms with Gasteiger partial charge in [0.25, 0.3) is 0 Å². The Morgan fingerprint density at radius 3 is 2.48 bits per heavy atom. The Morgan fingerprint density at radius 2 is 1.89 bits per heavy atom. The molecule has 4 nitrogen and oxygen atoms in total. The van der Waals surface area contributed by atoms with E-state index in [1.54, 1.807) is 0 Å². The summed E-state index contributed by atoms with van der Waals surface area (Å²) in [7, 11) is 0. The van der Waals surface area contributed by atoms with Gasteiger partial charge in [0.05, 0.1) is 11.6 Å². The van der Waals surface area contributed by atoms with Gasteiger partial charge in [-0.3, -0.25) is 4.79 Å². The average Bonchev–Trinajstić information content (AvgIpc) is 3.15. The van der Waals surface area contributed by atoms with E-state index >= 15 is 0 Å². The van der Waals surface area contributed by atoms with Crippen molar-refractivity contribution < 1.29 is 18.0 Å². The second-order valence-electron chi connectivity index (χ2n) is 8.30. The summed E-state index contributed by atoms with van der Waals surface area (Å²) in [6.45, 7) is 5.65. The maximum absolute atomic E-state index is 12.7. The van der Waals surface area contributed by atoms with Crippen LogP contribution in [0.1, 0.15) is 38.7 Å². The van der Waals surface area contributed by atoms with Crippen molar-refractivity contribution >= 4 is 11.6 Å². The molecule has 1 aromatic rings. The molecule has 4 atom stereocenters. The smallest absolute Gasteiger partial charge is 0.371 e. The normalized spacial score (nSPS) is 26.3. The number of fused-ring (bicyclic) bond motifs is 1. The van der Waals surface area contributed by atoms with Gasteiger partial charge in [0, 0.05) is 30.7 Å². The summed E-state index contributed by atoms with van der Waals surface area (Å²) in [5.74, 6) is 1.05. The summed E-state index contributed by atoms with van der Waals surface area (Å²) in [5, 5.41) is 3.12. The van der Waals surface area contributed by atoms with Crippen LogP contribution in [0, 0.1) is 17.8 Å². The summed E-state index contributed by atoms with van der Waals surface area (Å²) in [5.41, 5.74) is 6.16. The molecule has 1 saturated heterocycles. The largest absolute Gasteiger partial charge is 0.416 e. The maximum Gasteiger partial charge on any atom is 0.416 e. The van der Waals surface area contributed by atoms with Crippen molar-refractivity contribution in [3.63, 3.8) is 0 Å². The van der Waals surface area contributed by atoms with Gasteiger partial charge in [0.1, 0.15) is 0 Å². The van der Waals surface area contributed by atoms with Crippen LogP contribution in [-0.4, -0.2) is 31.1 Å². The van der Waals surface area contributed by atoms with Gasteiger partial charge in [-0.05, 0) is 55.4 Å². The molecule has 27 heavy (non-hydrogen) atoms. The highest BCUT2D eigenvalue weighted by atomic mass is 19.4. The van der Waals surface area contributed by atoms with E-state index in [-0.39, 0.29) is 11.9 Å². The lowest BCUT2D eigenvalue weighted by atomic mass is 9.97. The predicted octanol–water partition coefficient (Wildman–Crippen LogP) is 3.41. The Morgan fingerprint density at radius 1 is 1.22 bits per heavy atom. The van der Waals surface area contributed by atoms with Gasteiger partial charge < -0.3 is 16.0 Å². The van der Waals surface area contributed by atoms with Gasteiger partial charge in [-0.1, -0.05) is 13.8 Å². The Hall–Kier alpha value is -1.76. The zero-order valence-corrected chi connectivity index (χ0v) is 15.8. The van der Waals surface area contributed by atoms with Crippen LogP contribution in [0.2, 0.25) is 0 Å². The van der Waals surface area contributed by atoms with Crippen molar-refractivity contribution in [1.82, 2.24) is 5.32 Å². The molecular weight excluding hydrogens is 355 g/mol. The van der Waals surface area contributed by atoms with Crippen LogP contribution >= 0.6 is 0 Å². The minimum Gasteiger partial charge on any atom is -0.371 e. The third kappa shape index (κ3) is 4.57. The Labute approximate surface area is 158 Å². The third-order valence-corrected chi connectivity index (χ3v) is 5.81. The van der Waals surface area contributed by atoms with E-state index in [0.29, 0.717) is 24.2 Å². The number of hydrogen-bond donors (Lipinski definition) is 2. The second-order valence-corrected chi connectivity index (χ2v) is 8.30. The van der Waals surface area contributed by atoms with E-state index in [2.05, 4.69) is 10.2 Å². The SMILES string of the molecule is CC(C)C[C@@H](N)C(=O)N[C@H]1CC[C@@H]2CN(c3ccc(C(F)(F)F)cc3)C[C@@H]21. The number of rotatable bonds is 5. The van der Waals surface area contributed by atoms with Gasteiger partial charge in [-0.2, -0.15) is 13.2 Å². The summed E-state index contributed by atoms with van der Waals surface area (Å²) in [6.07, 6.45) is -1.70. The van der Waals surface area contributed by atoms with Gasteiger partial charge in [-0.25, -0.2) is 0 Å². The fraction of sp³-hybridized carbons (Fsp3) is 0.650. The van der Waals surface area contributed by atoms with Crippen LogP contribution in [0.3, 0.4) is 0 Å². The number of anilines is 1. The van der Waals surface area contributed by atoms with E-state index in [1.165, 1.54) is 12.1 Å². The Bertz CT molecular complexity index is 659. The highest BCUT2D eigenvalue weighted by molar-refractivity contribution is 5.81. The van der Waals surface area contributed by atoms with Crippen molar-refractivity contribution in [1.29, 1.82) is 0 Å². The van der Waals surface area contributed by atoms with Crippen molar-refractivity contribution in [3.8, 4) is 0 Å². The quantitative estimate of drug-likeness (QED) is 0.819. The van der Waals surface area contributed by atoms with Crippen LogP contribution < -0.4 is 16.0 Å². The zero-order valence-electron chi connectivity index (χ0n) is 15.8. The molecule has 3 N–H and O–H groups in total. The van der Waals surface area contributed by atoms with Gasteiger partial charge in [0.15, 0.2) is 0 Å². The molecule has 3 rings (SSSR count). The first kappa shape index (κ1) is 20.0. The maximum atomic E-state index is 12.7. The topological polar surface area (TPSA) is 58.4 Å². The van der Waals surface area contributed by atoms with Crippen LogP contribution in [0.4, 0.5) is 18.9 Å². The highest BCUT2D eigenvalue weighted by Gasteiger charge is 2.43. The lowest BCUT2D eigenvalue weighted by Gasteiger charge is -2.24. The van der Waals surface area contributed by atoms with Crippen molar-refractivity contribution in [2.24, 2.45) is 23.5 Å². The van der Waals surface area contributed by atoms with E-state index in [4.69, 9.17) is 5.73 Å². The lowest BCUT2D eigenvalue weighted by molar-refractivity contribution is -0.137. The number of carbonyl (C=O) groups excluding carboxylic acids is 1. The first-order chi connectivity index (χ1) is 12.6. The molecule has 0 spiro atoms. The second kappa shape index (κ2) is 7.70. The monoisotopic (exact) mass is 383 g/mol. The first-order valence-corrected chi connectivity index (χ1v) is 9.63. The number of nitrogens with one attached hydrogen (secondary N) is 1. The van der Waals surface area contributed by atoms with E-state index in [1.807, 2.05) is 13.8 Å². The van der Waals surface area contributed by atoms with E-state index in [0.717, 1.165) is 43.8 Å². The molecule has 2 aliphatic rings. The number of hydrogen-bond acceptors (Lipinski definition) is 3. The average molecular weight is 383 g/mol. The molecule has 0 aromatic heterocycles. The summed E-state index contributed by atoms with van der Waals surface area (Å²) in [6, 6.07) is 4.95. The molecule has 1 aliphatic carbocycles. The van der Waals surface area contributed by atoms with E-state index in [9.17, 15) is 18.0 Å². The lowest BCUT2D eigenvalue weighted by Crippen LogP contribution is -2.48. The number of amides is 1. The minimum atomic E-state index is -4.32. The van der Waals surface area contributed by atoms with Crippen LogP contribution in [0.5, 0.6) is 0 Å². The number of nitrogens with zero attached hydrogens (tertiary/aromatic N) is 1. The molecule has 1 aliphatic heterocycles. The summed E-state index contributed by atoms with van der Waals surface area (Å²) in [4.78, 5) is 14.5. The van der Waals surface area contributed by atoms with Crippen molar-refractivity contribution in [3.05, 3.63) is 29.8 Å². The van der Waals surface area contributed by atoms with Gasteiger partial charge >= 0.3 is 6.18 Å². The van der Waals surface area contributed by atoms with Crippen LogP contribution in [-0.2, 0) is 11.0 Å². The molecule has 1 amide bonds. The van der Waals surface area contributed by atoms with Gasteiger partial charge in [0.2, 0.25) is 5.91 Å². The highest BCUT2D eigenvalue weighted by Crippen LogP contribution is 2.40. The number of benzene rings is 1. The molecule has 0 bridgehead atoms. The van der Waals surface area contributed by atoms with Crippen molar-refractivity contribution in [2.45, 2.75) is 51.4 Å². The number of carbonyl (C=O) groups is 1. The molecule has 0 radical (unpaired) electrons. The Balaban J connectivity index is 1.60. The predicted molar refractivity (Wildman–Crippen MR) is 99.2 cm³/mol. The minimum absolute atomic E-state index is 0.0951. The zero-order chi connectivity index (χ0) is 19.8. The standard InChI is InChI=1S/C20H28F3N3O/c1-12(2)9-17(24)19(27)25-18-8-3-13-10-26(11-16(13)18)15-6-4-14(5-7-15)20(21,22)23/h4-7,12-13,16-18H,3,8-11,24H2,1-2H3,(H,25,27)/t13-,16+,17-,18+/m1/s1. The number of nitrogens with two attached hydrogens (primary N) is 1. The summed E-state index contributed by atoms with van der Waals surface area (Å²) < 4.78 is 38.2. The Kier molecular flexibility index (Phi) is 5.70. The van der Waals surface area contributed by atoms with Crippen LogP contribution in [0.25, 0.3) is 0 Å². The molecule has 1 heterocycles. The fourth-order valence-electron chi connectivity index (χ4n) is 4.42. The molecule has 1 saturated carbocycles. The molecular formula is C20H28F3N3O. The molecule has 1 aromatic carbocycles. The van der Waals surface area contributed by atoms with E-state index < -0.39 is 17.8 Å². The third-order valence-electron chi connectivity index (χ3n) is 5.81. The van der Waals surface area contributed by atoms with Gasteiger partial charge in [-0.15, -0.1) is 0 Å². The summed E-state index contributed by atoms with van der Waals surface area (Å²) >= 11 is 0.